The molecule has 33 heavy (non-hydrogen) atoms. The zero-order chi connectivity index (χ0) is 25.8. The van der Waals surface area contributed by atoms with Crippen LogP contribution in [-0.2, 0) is 19.1 Å². The number of nitrogens with one attached hydrogen (secondary N) is 2. The maximum atomic E-state index is 13.7. The van der Waals surface area contributed by atoms with Crippen LogP contribution >= 0.6 is 0 Å². The molecular formula is C26H49N3O4. The maximum Gasteiger partial charge on any atom is 0.333 e. The Morgan fingerprint density at radius 3 is 2.03 bits per heavy atom. The Balaban J connectivity index is 5.95. The van der Waals surface area contributed by atoms with Crippen LogP contribution < -0.4 is 10.6 Å². The Bertz CT molecular complexity index is 656. The van der Waals surface area contributed by atoms with E-state index in [0.717, 1.165) is 19.4 Å². The lowest BCUT2D eigenvalue weighted by Crippen LogP contribution is -2.62. The lowest BCUT2D eigenvalue weighted by Gasteiger charge is -2.37. The molecule has 0 saturated heterocycles. The van der Waals surface area contributed by atoms with Gasteiger partial charge in [0.15, 0.2) is 0 Å². The molecule has 0 aromatic carbocycles. The van der Waals surface area contributed by atoms with Crippen LogP contribution in [0.1, 0.15) is 88.0 Å². The molecule has 0 aliphatic rings. The number of amides is 2. The van der Waals surface area contributed by atoms with Gasteiger partial charge in [-0.15, -0.1) is 0 Å². The first-order valence-corrected chi connectivity index (χ1v) is 12.6. The van der Waals surface area contributed by atoms with Gasteiger partial charge in [0.2, 0.25) is 11.8 Å². The van der Waals surface area contributed by atoms with Gasteiger partial charge in [-0.05, 0) is 51.5 Å². The van der Waals surface area contributed by atoms with E-state index in [-0.39, 0.29) is 35.7 Å². The molecule has 0 radical (unpaired) electrons. The topological polar surface area (TPSA) is 87.7 Å². The monoisotopic (exact) mass is 467 g/mol. The number of likely N-dealkylation sites (N-methyl/N-ethyl adjacent to an activating group) is 1. The number of nitrogens with zero attached hydrogens (tertiary/aromatic N) is 1. The van der Waals surface area contributed by atoms with Gasteiger partial charge >= 0.3 is 5.97 Å². The minimum absolute atomic E-state index is 0.0376. The van der Waals surface area contributed by atoms with Crippen molar-refractivity contribution in [2.24, 2.45) is 11.8 Å². The first-order chi connectivity index (χ1) is 15.5. The zero-order valence-electron chi connectivity index (χ0n) is 22.7. The van der Waals surface area contributed by atoms with Gasteiger partial charge < -0.3 is 20.3 Å². The SMILES string of the molecule is CCCNC(CC)(CC)C(=O)N[C@H](C(=O)N(C)[C@H](/C=C(\C)C(=O)OCC)C(C)C)[C@@H](C)CC. The van der Waals surface area contributed by atoms with E-state index in [1.54, 1.807) is 31.9 Å². The van der Waals surface area contributed by atoms with Crippen LogP contribution in [0.4, 0.5) is 0 Å². The van der Waals surface area contributed by atoms with E-state index in [4.69, 9.17) is 4.74 Å². The highest BCUT2D eigenvalue weighted by atomic mass is 16.5. The third kappa shape index (κ3) is 8.76. The summed E-state index contributed by atoms with van der Waals surface area (Å²) in [6, 6.07) is -0.948. The molecule has 0 rings (SSSR count). The molecule has 0 spiro atoms. The van der Waals surface area contributed by atoms with E-state index in [0.29, 0.717) is 25.0 Å². The predicted molar refractivity (Wildman–Crippen MR) is 135 cm³/mol. The summed E-state index contributed by atoms with van der Waals surface area (Å²) in [5, 5.41) is 6.49. The maximum absolute atomic E-state index is 13.7. The van der Waals surface area contributed by atoms with E-state index in [1.165, 1.54) is 0 Å². The third-order valence-electron chi connectivity index (χ3n) is 6.62. The molecule has 7 heteroatoms. The first-order valence-electron chi connectivity index (χ1n) is 12.6. The smallest absolute Gasteiger partial charge is 0.333 e. The van der Waals surface area contributed by atoms with Gasteiger partial charge in [-0.2, -0.15) is 0 Å². The van der Waals surface area contributed by atoms with Crippen LogP contribution in [0.5, 0.6) is 0 Å². The fourth-order valence-corrected chi connectivity index (χ4v) is 3.92. The lowest BCUT2D eigenvalue weighted by molar-refractivity contribution is -0.140. The summed E-state index contributed by atoms with van der Waals surface area (Å²) in [4.78, 5) is 40.9. The summed E-state index contributed by atoms with van der Waals surface area (Å²) < 4.78 is 5.10. The molecule has 0 saturated carbocycles. The minimum Gasteiger partial charge on any atom is -0.463 e. The molecule has 2 N–H and O–H groups in total. The standard InChI is InChI=1S/C26H49N3O4/c1-11-16-27-26(13-3,14-4)25(32)28-22(19(8)12-2)23(30)29(10)21(18(6)7)17-20(9)24(31)33-15-5/h17-19,21-22,27H,11-16H2,1-10H3,(H,28,32)/b20-17+/t19-,21+,22-/m0/s1. The van der Waals surface area contributed by atoms with Crippen molar-refractivity contribution < 1.29 is 19.1 Å². The summed E-state index contributed by atoms with van der Waals surface area (Å²) in [5.74, 6) is -0.626. The van der Waals surface area contributed by atoms with E-state index in [9.17, 15) is 14.4 Å². The fraction of sp³-hybridized carbons (Fsp3) is 0.808. The number of esters is 1. The largest absolute Gasteiger partial charge is 0.463 e. The predicted octanol–water partition coefficient (Wildman–Crippen LogP) is 4.07. The molecule has 0 fully saturated rings. The van der Waals surface area contributed by atoms with Gasteiger partial charge in [-0.3, -0.25) is 9.59 Å². The molecule has 7 nitrogen and oxygen atoms in total. The van der Waals surface area contributed by atoms with E-state index in [1.807, 2.05) is 41.5 Å². The Kier molecular flexibility index (Phi) is 14.2. The normalized spacial score (nSPS) is 15.1. The van der Waals surface area contributed by atoms with Crippen LogP contribution in [0.3, 0.4) is 0 Å². The van der Waals surface area contributed by atoms with Crippen molar-refractivity contribution in [1.82, 2.24) is 15.5 Å². The second-order valence-electron chi connectivity index (χ2n) is 9.31. The van der Waals surface area contributed by atoms with Crippen molar-refractivity contribution in [1.29, 1.82) is 0 Å². The minimum atomic E-state index is -0.696. The molecular weight excluding hydrogens is 418 g/mol. The Hall–Kier alpha value is -1.89. The molecule has 3 atom stereocenters. The third-order valence-corrected chi connectivity index (χ3v) is 6.62. The molecule has 0 aliphatic carbocycles. The number of hydrogen-bond donors (Lipinski definition) is 2. The number of carbonyl (C=O) groups excluding carboxylic acids is 3. The summed E-state index contributed by atoms with van der Waals surface area (Å²) in [7, 11) is 1.74. The van der Waals surface area contributed by atoms with Gasteiger partial charge in [0.05, 0.1) is 18.2 Å². The second-order valence-corrected chi connectivity index (χ2v) is 9.31. The van der Waals surface area contributed by atoms with Crippen LogP contribution in [0, 0.1) is 11.8 Å². The molecule has 0 unspecified atom stereocenters. The molecule has 0 aliphatic heterocycles. The highest BCUT2D eigenvalue weighted by molar-refractivity contribution is 5.92. The number of hydrogen-bond acceptors (Lipinski definition) is 5. The summed E-state index contributed by atoms with van der Waals surface area (Å²) >= 11 is 0. The van der Waals surface area contributed by atoms with Gasteiger partial charge in [-0.1, -0.05) is 61.0 Å². The molecule has 0 aromatic rings. The highest BCUT2D eigenvalue weighted by Gasteiger charge is 2.39. The summed E-state index contributed by atoms with van der Waals surface area (Å²) in [6.45, 7) is 18.6. The van der Waals surface area contributed by atoms with Gasteiger partial charge in [0.25, 0.3) is 0 Å². The average Bonchev–Trinajstić information content (AvgIpc) is 2.80. The van der Waals surface area contributed by atoms with Gasteiger partial charge in [0, 0.05) is 12.6 Å². The lowest BCUT2D eigenvalue weighted by atomic mass is 9.89. The van der Waals surface area contributed by atoms with Crippen LogP contribution in [0.25, 0.3) is 0 Å². The number of carbonyl (C=O) groups is 3. The number of ether oxygens (including phenoxy) is 1. The van der Waals surface area contributed by atoms with Crippen molar-refractivity contribution in [2.45, 2.75) is 106 Å². The average molecular weight is 468 g/mol. The van der Waals surface area contributed by atoms with Crippen LogP contribution in [-0.4, -0.2) is 60.5 Å². The van der Waals surface area contributed by atoms with E-state index in [2.05, 4.69) is 17.6 Å². The molecule has 192 valence electrons. The molecule has 0 bridgehead atoms. The van der Waals surface area contributed by atoms with Crippen LogP contribution in [0.2, 0.25) is 0 Å². The quantitative estimate of drug-likeness (QED) is 0.280. The van der Waals surface area contributed by atoms with Crippen molar-refractivity contribution >= 4 is 17.8 Å². The van der Waals surface area contributed by atoms with Crippen molar-refractivity contribution in [3.63, 3.8) is 0 Å². The highest BCUT2D eigenvalue weighted by Crippen LogP contribution is 2.21. The Labute approximate surface area is 202 Å². The van der Waals surface area contributed by atoms with Gasteiger partial charge in [-0.25, -0.2) is 4.79 Å². The van der Waals surface area contributed by atoms with Crippen molar-refractivity contribution in [3.8, 4) is 0 Å². The summed E-state index contributed by atoms with van der Waals surface area (Å²) in [6.07, 6.45) is 4.75. The van der Waals surface area contributed by atoms with E-state index < -0.39 is 11.6 Å². The van der Waals surface area contributed by atoms with E-state index >= 15 is 0 Å². The molecule has 0 aromatic heterocycles. The van der Waals surface area contributed by atoms with Crippen LogP contribution in [0.15, 0.2) is 11.6 Å². The summed E-state index contributed by atoms with van der Waals surface area (Å²) in [5.41, 5.74) is -0.225. The fourth-order valence-electron chi connectivity index (χ4n) is 3.92. The first kappa shape index (κ1) is 31.1. The zero-order valence-corrected chi connectivity index (χ0v) is 22.7. The van der Waals surface area contributed by atoms with Crippen molar-refractivity contribution in [3.05, 3.63) is 11.6 Å². The molecule has 0 heterocycles. The van der Waals surface area contributed by atoms with Gasteiger partial charge in [0.1, 0.15) is 6.04 Å². The second kappa shape index (κ2) is 15.1. The Morgan fingerprint density at radius 2 is 1.61 bits per heavy atom. The Morgan fingerprint density at radius 1 is 1.03 bits per heavy atom. The molecule has 2 amide bonds. The number of rotatable bonds is 15. The van der Waals surface area contributed by atoms with Crippen molar-refractivity contribution in [2.75, 3.05) is 20.2 Å².